The van der Waals surface area contributed by atoms with E-state index in [-0.39, 0.29) is 19.0 Å². The number of alkyl halides is 1. The smallest absolute Gasteiger partial charge is 0.123 e. The SMILES string of the molecule is Cl.NCCc1ccc(OCCF)cc1. The van der Waals surface area contributed by atoms with E-state index in [0.717, 1.165) is 6.42 Å². The van der Waals surface area contributed by atoms with Crippen LogP contribution in [0.2, 0.25) is 0 Å². The lowest BCUT2D eigenvalue weighted by molar-refractivity contribution is 0.273. The molecular weight excluding hydrogens is 205 g/mol. The van der Waals surface area contributed by atoms with Crippen LogP contribution in [0.15, 0.2) is 24.3 Å². The maximum atomic E-state index is 11.7. The van der Waals surface area contributed by atoms with Crippen molar-refractivity contribution in [3.05, 3.63) is 29.8 Å². The van der Waals surface area contributed by atoms with Crippen LogP contribution in [0, 0.1) is 0 Å². The topological polar surface area (TPSA) is 35.2 Å². The predicted molar refractivity (Wildman–Crippen MR) is 57.9 cm³/mol. The highest BCUT2D eigenvalue weighted by Crippen LogP contribution is 2.11. The molecule has 0 saturated carbocycles. The first-order chi connectivity index (χ1) is 6.36. The largest absolute Gasteiger partial charge is 0.491 e. The van der Waals surface area contributed by atoms with Crippen LogP contribution < -0.4 is 10.5 Å². The Labute approximate surface area is 89.7 Å². The Balaban J connectivity index is 0.00000169. The number of hydrogen-bond acceptors (Lipinski definition) is 2. The lowest BCUT2D eigenvalue weighted by atomic mass is 10.1. The van der Waals surface area contributed by atoms with Crippen LogP contribution in [0.1, 0.15) is 5.56 Å². The lowest BCUT2D eigenvalue weighted by Gasteiger charge is -2.04. The van der Waals surface area contributed by atoms with Crippen molar-refractivity contribution in [2.24, 2.45) is 5.73 Å². The normalized spacial score (nSPS) is 9.29. The van der Waals surface area contributed by atoms with Gasteiger partial charge in [-0.1, -0.05) is 12.1 Å². The van der Waals surface area contributed by atoms with Gasteiger partial charge < -0.3 is 10.5 Å². The van der Waals surface area contributed by atoms with Crippen molar-refractivity contribution in [2.45, 2.75) is 6.42 Å². The zero-order valence-electron chi connectivity index (χ0n) is 7.91. The van der Waals surface area contributed by atoms with Crippen molar-refractivity contribution in [2.75, 3.05) is 19.8 Å². The average Bonchev–Trinajstić information content (AvgIpc) is 2.17. The summed E-state index contributed by atoms with van der Waals surface area (Å²) in [4.78, 5) is 0. The van der Waals surface area contributed by atoms with Gasteiger partial charge in [0.25, 0.3) is 0 Å². The highest BCUT2D eigenvalue weighted by molar-refractivity contribution is 5.85. The first-order valence-corrected chi connectivity index (χ1v) is 4.34. The minimum Gasteiger partial charge on any atom is -0.491 e. The Bertz CT molecular complexity index is 240. The van der Waals surface area contributed by atoms with Crippen molar-refractivity contribution >= 4 is 12.4 Å². The molecule has 0 heterocycles. The summed E-state index contributed by atoms with van der Waals surface area (Å²) in [5.41, 5.74) is 6.57. The molecule has 14 heavy (non-hydrogen) atoms. The molecule has 1 aromatic rings. The monoisotopic (exact) mass is 219 g/mol. The molecule has 80 valence electrons. The molecule has 0 radical (unpaired) electrons. The molecule has 0 amide bonds. The molecule has 0 bridgehead atoms. The van der Waals surface area contributed by atoms with Gasteiger partial charge in [0.2, 0.25) is 0 Å². The molecule has 0 unspecified atom stereocenters. The van der Waals surface area contributed by atoms with E-state index in [1.54, 1.807) is 0 Å². The fraction of sp³-hybridized carbons (Fsp3) is 0.400. The number of rotatable bonds is 5. The van der Waals surface area contributed by atoms with E-state index >= 15 is 0 Å². The maximum Gasteiger partial charge on any atom is 0.123 e. The van der Waals surface area contributed by atoms with E-state index in [0.29, 0.717) is 12.3 Å². The summed E-state index contributed by atoms with van der Waals surface area (Å²) in [5, 5.41) is 0. The Morgan fingerprint density at radius 1 is 1.21 bits per heavy atom. The van der Waals surface area contributed by atoms with Crippen LogP contribution in [0.25, 0.3) is 0 Å². The third-order valence-corrected chi connectivity index (χ3v) is 1.70. The fourth-order valence-electron chi connectivity index (χ4n) is 1.08. The van der Waals surface area contributed by atoms with E-state index in [1.165, 1.54) is 5.56 Å². The zero-order chi connectivity index (χ0) is 9.52. The Kier molecular flexibility index (Phi) is 7.16. The quantitative estimate of drug-likeness (QED) is 0.822. The zero-order valence-corrected chi connectivity index (χ0v) is 8.73. The molecule has 4 heteroatoms. The van der Waals surface area contributed by atoms with Crippen molar-refractivity contribution < 1.29 is 9.13 Å². The molecule has 0 aliphatic rings. The molecule has 1 rings (SSSR count). The summed E-state index contributed by atoms with van der Waals surface area (Å²) >= 11 is 0. The molecule has 0 aliphatic heterocycles. The Morgan fingerprint density at radius 2 is 1.86 bits per heavy atom. The van der Waals surface area contributed by atoms with Gasteiger partial charge in [-0.05, 0) is 30.7 Å². The van der Waals surface area contributed by atoms with Gasteiger partial charge in [0.05, 0.1) is 0 Å². The first-order valence-electron chi connectivity index (χ1n) is 4.34. The third kappa shape index (κ3) is 4.44. The molecule has 0 aliphatic carbocycles. The fourth-order valence-corrected chi connectivity index (χ4v) is 1.08. The average molecular weight is 220 g/mol. The minimum atomic E-state index is -0.454. The van der Waals surface area contributed by atoms with Crippen LogP contribution in [0.3, 0.4) is 0 Å². The molecule has 0 spiro atoms. The summed E-state index contributed by atoms with van der Waals surface area (Å²) in [7, 11) is 0. The number of halogens is 2. The van der Waals surface area contributed by atoms with Gasteiger partial charge in [-0.25, -0.2) is 4.39 Å². The first kappa shape index (κ1) is 13.2. The summed E-state index contributed by atoms with van der Waals surface area (Å²) in [6, 6.07) is 7.56. The molecule has 0 fully saturated rings. The van der Waals surface area contributed by atoms with Crippen molar-refractivity contribution in [1.29, 1.82) is 0 Å². The summed E-state index contributed by atoms with van der Waals surface area (Å²) in [6.45, 7) is 0.311. The van der Waals surface area contributed by atoms with Gasteiger partial charge in [-0.3, -0.25) is 0 Å². The van der Waals surface area contributed by atoms with Crippen LogP contribution in [0.5, 0.6) is 5.75 Å². The number of nitrogens with two attached hydrogens (primary N) is 1. The van der Waals surface area contributed by atoms with E-state index in [1.807, 2.05) is 24.3 Å². The third-order valence-electron chi connectivity index (χ3n) is 1.70. The molecule has 0 atom stereocenters. The van der Waals surface area contributed by atoms with E-state index < -0.39 is 6.67 Å². The predicted octanol–water partition coefficient (Wildman–Crippen LogP) is 1.96. The second kappa shape index (κ2) is 7.59. The number of ether oxygens (including phenoxy) is 1. The minimum absolute atomic E-state index is 0. The molecule has 2 N–H and O–H groups in total. The van der Waals surface area contributed by atoms with Crippen LogP contribution >= 0.6 is 12.4 Å². The van der Waals surface area contributed by atoms with Gasteiger partial charge in [-0.15, -0.1) is 12.4 Å². The van der Waals surface area contributed by atoms with E-state index in [2.05, 4.69) is 0 Å². The van der Waals surface area contributed by atoms with E-state index in [9.17, 15) is 4.39 Å². The molecule has 0 aromatic heterocycles. The standard InChI is InChI=1S/C10H14FNO.ClH/c11-6-8-13-10-3-1-9(2-4-10)5-7-12;/h1-4H,5-8,12H2;1H. The molecule has 0 saturated heterocycles. The van der Waals surface area contributed by atoms with Gasteiger partial charge in [0.15, 0.2) is 0 Å². The molecule has 2 nitrogen and oxygen atoms in total. The van der Waals surface area contributed by atoms with Crippen LogP contribution in [-0.2, 0) is 6.42 Å². The van der Waals surface area contributed by atoms with Crippen molar-refractivity contribution in [3.63, 3.8) is 0 Å². The van der Waals surface area contributed by atoms with Crippen molar-refractivity contribution in [1.82, 2.24) is 0 Å². The van der Waals surface area contributed by atoms with Crippen molar-refractivity contribution in [3.8, 4) is 5.75 Å². The maximum absolute atomic E-state index is 11.7. The number of benzene rings is 1. The van der Waals surface area contributed by atoms with Gasteiger partial charge in [0, 0.05) is 0 Å². The number of hydrogen-bond donors (Lipinski definition) is 1. The van der Waals surface area contributed by atoms with E-state index in [4.69, 9.17) is 10.5 Å². The molecular formula is C10H15ClFNO. The van der Waals surface area contributed by atoms with Gasteiger partial charge in [0.1, 0.15) is 19.0 Å². The molecule has 1 aromatic carbocycles. The second-order valence-corrected chi connectivity index (χ2v) is 2.72. The van der Waals surface area contributed by atoms with Gasteiger partial charge in [-0.2, -0.15) is 0 Å². The Morgan fingerprint density at radius 3 is 2.36 bits per heavy atom. The summed E-state index contributed by atoms with van der Waals surface area (Å²) in [6.07, 6.45) is 0.864. The summed E-state index contributed by atoms with van der Waals surface area (Å²) < 4.78 is 16.8. The highest BCUT2D eigenvalue weighted by atomic mass is 35.5. The second-order valence-electron chi connectivity index (χ2n) is 2.72. The van der Waals surface area contributed by atoms with Crippen LogP contribution in [0.4, 0.5) is 4.39 Å². The summed E-state index contributed by atoms with van der Waals surface area (Å²) in [5.74, 6) is 0.707. The van der Waals surface area contributed by atoms with Gasteiger partial charge >= 0.3 is 0 Å². The Hall–Kier alpha value is -0.800. The van der Waals surface area contributed by atoms with Crippen LogP contribution in [-0.4, -0.2) is 19.8 Å². The highest BCUT2D eigenvalue weighted by Gasteiger charge is 1.94. The lowest BCUT2D eigenvalue weighted by Crippen LogP contribution is -2.03.